The molecule has 1 amide bonds. The van der Waals surface area contributed by atoms with Crippen LogP contribution in [0, 0.1) is 10.1 Å². The number of nitrogen functional groups attached to an aromatic ring is 1. The topological polar surface area (TPSA) is 89.5 Å². The molecule has 1 aliphatic rings. The van der Waals surface area contributed by atoms with E-state index in [2.05, 4.69) is 0 Å². The van der Waals surface area contributed by atoms with Gasteiger partial charge in [0.25, 0.3) is 11.6 Å². The Balaban J connectivity index is 2.25. The number of nitrogens with two attached hydrogens (primary N) is 1. The van der Waals surface area contributed by atoms with Crippen LogP contribution in [0.25, 0.3) is 0 Å². The van der Waals surface area contributed by atoms with Gasteiger partial charge in [-0.25, -0.2) is 0 Å². The molecule has 0 bridgehead atoms. The molecule has 6 heteroatoms. The number of carbonyl (C=O) groups excluding carboxylic acids is 1. The molecule has 6 nitrogen and oxygen atoms in total. The molecule has 0 radical (unpaired) electrons. The second kappa shape index (κ2) is 4.64. The number of carbonyl (C=O) groups is 1. The van der Waals surface area contributed by atoms with Gasteiger partial charge in [-0.2, -0.15) is 0 Å². The maximum Gasteiger partial charge on any atom is 0.292 e. The number of hydrogen-bond donors (Lipinski definition) is 1. The highest BCUT2D eigenvalue weighted by Crippen LogP contribution is 2.29. The highest BCUT2D eigenvalue weighted by molar-refractivity contribution is 5.96. The fraction of sp³-hybridized carbons (Fsp3) is 0.417. The van der Waals surface area contributed by atoms with Gasteiger partial charge in [-0.15, -0.1) is 0 Å². The molecule has 1 aliphatic carbocycles. The largest absolute Gasteiger partial charge is 0.393 e. The van der Waals surface area contributed by atoms with E-state index in [0.717, 1.165) is 12.8 Å². The van der Waals surface area contributed by atoms with Gasteiger partial charge >= 0.3 is 0 Å². The minimum absolute atomic E-state index is 0.0256. The standard InChI is InChI=1S/C12H15N3O3/c1-2-14(9-4-5-9)12(16)8-3-6-11(15(17)18)10(13)7-8/h3,6-7,9H,2,4-5,13H2,1H3. The van der Waals surface area contributed by atoms with Crippen LogP contribution in [0.3, 0.4) is 0 Å². The summed E-state index contributed by atoms with van der Waals surface area (Å²) in [5.41, 5.74) is 5.85. The first kappa shape index (κ1) is 12.3. The van der Waals surface area contributed by atoms with Crippen LogP contribution in [0.4, 0.5) is 11.4 Å². The van der Waals surface area contributed by atoms with Crippen molar-refractivity contribution in [3.8, 4) is 0 Å². The van der Waals surface area contributed by atoms with Gasteiger partial charge in [0.1, 0.15) is 5.69 Å². The van der Waals surface area contributed by atoms with E-state index in [-0.39, 0.29) is 17.3 Å². The lowest BCUT2D eigenvalue weighted by Crippen LogP contribution is -2.32. The van der Waals surface area contributed by atoms with Crippen molar-refractivity contribution in [3.63, 3.8) is 0 Å². The first-order valence-electron chi connectivity index (χ1n) is 5.89. The van der Waals surface area contributed by atoms with Gasteiger partial charge in [0.05, 0.1) is 4.92 Å². The number of nitrogens with zero attached hydrogens (tertiary/aromatic N) is 2. The molecular formula is C12H15N3O3. The zero-order chi connectivity index (χ0) is 13.3. The molecule has 1 aromatic carbocycles. The third-order valence-corrected chi connectivity index (χ3v) is 3.06. The summed E-state index contributed by atoms with van der Waals surface area (Å²) in [6.45, 7) is 2.56. The van der Waals surface area contributed by atoms with Crippen LogP contribution in [-0.4, -0.2) is 28.3 Å². The molecular weight excluding hydrogens is 234 g/mol. The lowest BCUT2D eigenvalue weighted by molar-refractivity contribution is -0.383. The number of rotatable bonds is 4. The summed E-state index contributed by atoms with van der Waals surface area (Å²) in [6, 6.07) is 4.44. The number of nitro groups is 1. The summed E-state index contributed by atoms with van der Waals surface area (Å²) < 4.78 is 0. The maximum atomic E-state index is 12.2. The first-order chi connectivity index (χ1) is 8.54. The van der Waals surface area contributed by atoms with Gasteiger partial charge < -0.3 is 10.6 Å². The molecule has 1 aromatic rings. The van der Waals surface area contributed by atoms with E-state index in [9.17, 15) is 14.9 Å². The maximum absolute atomic E-state index is 12.2. The summed E-state index contributed by atoms with van der Waals surface area (Å²) >= 11 is 0. The molecule has 96 valence electrons. The predicted octanol–water partition coefficient (Wildman–Crippen LogP) is 1.80. The number of anilines is 1. The Morgan fingerprint density at radius 1 is 1.56 bits per heavy atom. The summed E-state index contributed by atoms with van der Waals surface area (Å²) in [4.78, 5) is 24.1. The molecule has 0 spiro atoms. The smallest absolute Gasteiger partial charge is 0.292 e. The Hall–Kier alpha value is -2.11. The molecule has 1 fully saturated rings. The fourth-order valence-corrected chi connectivity index (χ4v) is 1.97. The van der Waals surface area contributed by atoms with Crippen LogP contribution in [0.15, 0.2) is 18.2 Å². The minimum Gasteiger partial charge on any atom is -0.393 e. The summed E-state index contributed by atoms with van der Waals surface area (Å²) in [5.74, 6) is -0.110. The Bertz CT molecular complexity index is 497. The molecule has 2 N–H and O–H groups in total. The van der Waals surface area contributed by atoms with Crippen LogP contribution in [0.1, 0.15) is 30.1 Å². The van der Waals surface area contributed by atoms with Crippen LogP contribution in [-0.2, 0) is 0 Å². The van der Waals surface area contributed by atoms with E-state index in [1.807, 2.05) is 6.92 Å². The highest BCUT2D eigenvalue weighted by Gasteiger charge is 2.32. The quantitative estimate of drug-likeness (QED) is 0.500. The minimum atomic E-state index is -0.554. The average molecular weight is 249 g/mol. The molecule has 0 saturated heterocycles. The Morgan fingerprint density at radius 3 is 2.67 bits per heavy atom. The zero-order valence-electron chi connectivity index (χ0n) is 10.1. The molecule has 0 heterocycles. The lowest BCUT2D eigenvalue weighted by atomic mass is 10.1. The van der Waals surface area contributed by atoms with Gasteiger partial charge in [0, 0.05) is 24.2 Å². The Morgan fingerprint density at radius 2 is 2.22 bits per heavy atom. The second-order valence-corrected chi connectivity index (χ2v) is 4.35. The van der Waals surface area contributed by atoms with E-state index in [4.69, 9.17) is 5.73 Å². The Kier molecular flexibility index (Phi) is 3.18. The number of amides is 1. The van der Waals surface area contributed by atoms with Gasteiger partial charge in [-0.05, 0) is 31.9 Å². The SMILES string of the molecule is CCN(C(=O)c1ccc([N+](=O)[O-])c(N)c1)C1CC1. The van der Waals surface area contributed by atoms with Crippen molar-refractivity contribution in [1.82, 2.24) is 4.90 Å². The summed E-state index contributed by atoms with van der Waals surface area (Å²) in [7, 11) is 0. The van der Waals surface area contributed by atoms with Crippen molar-refractivity contribution in [2.45, 2.75) is 25.8 Å². The molecule has 2 rings (SSSR count). The van der Waals surface area contributed by atoms with Crippen molar-refractivity contribution in [1.29, 1.82) is 0 Å². The summed E-state index contributed by atoms with van der Waals surface area (Å²) in [5, 5.41) is 10.6. The van der Waals surface area contributed by atoms with Gasteiger partial charge in [-0.1, -0.05) is 0 Å². The fourth-order valence-electron chi connectivity index (χ4n) is 1.97. The van der Waals surface area contributed by atoms with Crippen molar-refractivity contribution >= 4 is 17.3 Å². The second-order valence-electron chi connectivity index (χ2n) is 4.35. The Labute approximate surface area is 105 Å². The van der Waals surface area contributed by atoms with Gasteiger partial charge in [-0.3, -0.25) is 14.9 Å². The van der Waals surface area contributed by atoms with Crippen LogP contribution in [0.2, 0.25) is 0 Å². The van der Waals surface area contributed by atoms with E-state index in [1.54, 1.807) is 4.90 Å². The van der Waals surface area contributed by atoms with Crippen molar-refractivity contribution < 1.29 is 9.72 Å². The monoisotopic (exact) mass is 249 g/mol. The number of benzene rings is 1. The van der Waals surface area contributed by atoms with E-state index >= 15 is 0 Å². The first-order valence-corrected chi connectivity index (χ1v) is 5.89. The molecule has 18 heavy (non-hydrogen) atoms. The third kappa shape index (κ3) is 2.27. The average Bonchev–Trinajstić information content (AvgIpc) is 3.13. The van der Waals surface area contributed by atoms with Gasteiger partial charge in [0.15, 0.2) is 0 Å². The number of hydrogen-bond acceptors (Lipinski definition) is 4. The molecule has 0 aromatic heterocycles. The van der Waals surface area contributed by atoms with E-state index < -0.39 is 4.92 Å². The lowest BCUT2D eigenvalue weighted by Gasteiger charge is -2.20. The number of nitro benzene ring substituents is 1. The van der Waals surface area contributed by atoms with Gasteiger partial charge in [0.2, 0.25) is 0 Å². The van der Waals surface area contributed by atoms with Crippen molar-refractivity contribution in [3.05, 3.63) is 33.9 Å². The van der Waals surface area contributed by atoms with Crippen molar-refractivity contribution in [2.24, 2.45) is 0 Å². The summed E-state index contributed by atoms with van der Waals surface area (Å²) in [6.07, 6.45) is 2.06. The van der Waals surface area contributed by atoms with Crippen LogP contribution in [0.5, 0.6) is 0 Å². The molecule has 0 aliphatic heterocycles. The normalized spacial score (nSPS) is 14.3. The molecule has 0 atom stereocenters. The molecule has 0 unspecified atom stereocenters. The van der Waals surface area contributed by atoms with Crippen LogP contribution >= 0.6 is 0 Å². The third-order valence-electron chi connectivity index (χ3n) is 3.06. The van der Waals surface area contributed by atoms with Crippen LogP contribution < -0.4 is 5.73 Å². The van der Waals surface area contributed by atoms with E-state index in [1.165, 1.54) is 18.2 Å². The predicted molar refractivity (Wildman–Crippen MR) is 67.2 cm³/mol. The molecule has 1 saturated carbocycles. The van der Waals surface area contributed by atoms with Crippen molar-refractivity contribution in [2.75, 3.05) is 12.3 Å². The highest BCUT2D eigenvalue weighted by atomic mass is 16.6. The zero-order valence-corrected chi connectivity index (χ0v) is 10.1. The van der Waals surface area contributed by atoms with E-state index in [0.29, 0.717) is 18.2 Å².